The molecule has 0 bridgehead atoms. The Morgan fingerprint density at radius 2 is 1.37 bits per heavy atom. The molecule has 1 unspecified atom stereocenters. The summed E-state index contributed by atoms with van der Waals surface area (Å²) in [6.07, 6.45) is 15.8. The van der Waals surface area contributed by atoms with Gasteiger partial charge >= 0.3 is 11.9 Å². The Bertz CT molecular complexity index is 1380. The van der Waals surface area contributed by atoms with Crippen molar-refractivity contribution in [3.63, 3.8) is 0 Å². The second-order valence-electron chi connectivity index (χ2n) is 17.0. The second kappa shape index (κ2) is 12.4. The third kappa shape index (κ3) is 5.96. The van der Waals surface area contributed by atoms with E-state index in [9.17, 15) is 9.59 Å². The van der Waals surface area contributed by atoms with Gasteiger partial charge in [0.25, 0.3) is 0 Å². The zero-order chi connectivity index (χ0) is 32.1. The van der Waals surface area contributed by atoms with Gasteiger partial charge in [0.15, 0.2) is 0 Å². The molecule has 5 aliphatic carbocycles. The summed E-state index contributed by atoms with van der Waals surface area (Å²) in [6.45, 7) is 9.96. The van der Waals surface area contributed by atoms with Crippen molar-refractivity contribution in [2.75, 3.05) is 0 Å². The number of hydrogen-bond donors (Lipinski definition) is 0. The molecular weight excluding hydrogens is 568 g/mol. The molecule has 10 atom stereocenters. The average Bonchev–Trinajstić information content (AvgIpc) is 3.84. The van der Waals surface area contributed by atoms with E-state index in [1.165, 1.54) is 57.8 Å². The van der Waals surface area contributed by atoms with E-state index in [1.54, 1.807) is 0 Å². The first-order chi connectivity index (χ1) is 22.1. The first-order valence-corrected chi connectivity index (χ1v) is 18.6. The highest BCUT2D eigenvalue weighted by Crippen LogP contribution is 2.69. The molecule has 4 nitrogen and oxygen atoms in total. The normalized spacial score (nSPS) is 38.0. The number of hydrogen-bond acceptors (Lipinski definition) is 4. The standard InChI is InChI=1S/C42H56O4/c1-28(15-22-37(29-16-17-29)45-38(43)30-11-7-5-8-12-30)34-20-21-35-33-19-18-32-27-40(2,46-39(44)31-13-9-6-10-14-31)25-26-41(32,3)36(33)23-24-42(34,35)4/h5-14,28-29,32-37H,15-27H2,1-4H3/t28-,32+,33+,34-,35+,36+,37-,40+,41?,42-/m1/s1. The summed E-state index contributed by atoms with van der Waals surface area (Å²) in [6, 6.07) is 19.0. The second-order valence-corrected chi connectivity index (χ2v) is 17.0. The van der Waals surface area contributed by atoms with Gasteiger partial charge in [-0.25, -0.2) is 9.59 Å². The predicted octanol–water partition coefficient (Wildman–Crippen LogP) is 10.3. The predicted molar refractivity (Wildman–Crippen MR) is 182 cm³/mol. The SMILES string of the molecule is C[C@H](CC[C@@H](OC(=O)c1ccccc1)C1CC1)[C@H]1CC[C@H]2[C@@H]3CC[C@H]4C[C@@](C)(OC(=O)c5ccccc5)CCC4(C)[C@H]3CC[C@]12C. The largest absolute Gasteiger partial charge is 0.458 e. The summed E-state index contributed by atoms with van der Waals surface area (Å²) in [5.41, 5.74) is 1.74. The number of benzene rings is 2. The minimum atomic E-state index is -0.366. The maximum Gasteiger partial charge on any atom is 0.338 e. The maximum absolute atomic E-state index is 13.0. The highest BCUT2D eigenvalue weighted by Gasteiger charge is 2.61. The van der Waals surface area contributed by atoms with E-state index in [-0.39, 0.29) is 23.6 Å². The van der Waals surface area contributed by atoms with Crippen LogP contribution >= 0.6 is 0 Å². The zero-order valence-corrected chi connectivity index (χ0v) is 28.7. The molecule has 0 amide bonds. The van der Waals surface area contributed by atoms with Crippen molar-refractivity contribution in [2.24, 2.45) is 52.3 Å². The molecule has 0 aromatic heterocycles. The van der Waals surface area contributed by atoms with Crippen LogP contribution in [0.1, 0.15) is 132 Å². The van der Waals surface area contributed by atoms with Crippen molar-refractivity contribution < 1.29 is 19.1 Å². The number of ether oxygens (including phenoxy) is 2. The van der Waals surface area contributed by atoms with Gasteiger partial charge < -0.3 is 9.47 Å². The quantitative estimate of drug-likeness (QED) is 0.261. The molecule has 2 aromatic rings. The van der Waals surface area contributed by atoms with E-state index < -0.39 is 0 Å². The Balaban J connectivity index is 0.973. The smallest absolute Gasteiger partial charge is 0.338 e. The van der Waals surface area contributed by atoms with Crippen LogP contribution in [0, 0.1) is 52.3 Å². The van der Waals surface area contributed by atoms with Crippen LogP contribution in [-0.2, 0) is 9.47 Å². The molecule has 0 spiro atoms. The summed E-state index contributed by atoms with van der Waals surface area (Å²) in [7, 11) is 0. The molecule has 0 radical (unpaired) electrons. The molecule has 0 aliphatic heterocycles. The van der Waals surface area contributed by atoms with E-state index in [2.05, 4.69) is 27.7 Å². The van der Waals surface area contributed by atoms with Crippen molar-refractivity contribution in [1.82, 2.24) is 0 Å². The van der Waals surface area contributed by atoms with Gasteiger partial charge in [-0.15, -0.1) is 0 Å². The van der Waals surface area contributed by atoms with Crippen LogP contribution in [0.15, 0.2) is 60.7 Å². The summed E-state index contributed by atoms with van der Waals surface area (Å²) < 4.78 is 12.4. The van der Waals surface area contributed by atoms with Crippen molar-refractivity contribution in [3.05, 3.63) is 71.8 Å². The molecule has 46 heavy (non-hydrogen) atoms. The highest BCUT2D eigenvalue weighted by molar-refractivity contribution is 5.90. The molecule has 0 N–H and O–H groups in total. The van der Waals surface area contributed by atoms with Crippen molar-refractivity contribution in [1.29, 1.82) is 0 Å². The van der Waals surface area contributed by atoms with Gasteiger partial charge in [0.2, 0.25) is 0 Å². The van der Waals surface area contributed by atoms with Crippen molar-refractivity contribution in [2.45, 2.75) is 123 Å². The Morgan fingerprint density at radius 3 is 2.04 bits per heavy atom. The van der Waals surface area contributed by atoms with Crippen LogP contribution in [0.3, 0.4) is 0 Å². The van der Waals surface area contributed by atoms with E-state index >= 15 is 0 Å². The summed E-state index contributed by atoms with van der Waals surface area (Å²) in [5.74, 6) is 4.74. The molecule has 2 aromatic carbocycles. The van der Waals surface area contributed by atoms with Crippen molar-refractivity contribution >= 4 is 11.9 Å². The molecule has 5 aliphatic rings. The average molecular weight is 625 g/mol. The fourth-order valence-corrected chi connectivity index (χ4v) is 11.6. The third-order valence-corrected chi connectivity index (χ3v) is 14.4. The lowest BCUT2D eigenvalue weighted by molar-refractivity contribution is -0.149. The lowest BCUT2D eigenvalue weighted by Gasteiger charge is -2.62. The van der Waals surface area contributed by atoms with Crippen LogP contribution in [0.5, 0.6) is 0 Å². The third-order valence-electron chi connectivity index (χ3n) is 14.4. The summed E-state index contributed by atoms with van der Waals surface area (Å²) >= 11 is 0. The first kappa shape index (κ1) is 32.0. The molecule has 4 heteroatoms. The topological polar surface area (TPSA) is 52.6 Å². The Morgan fingerprint density at radius 1 is 0.717 bits per heavy atom. The summed E-state index contributed by atoms with van der Waals surface area (Å²) in [4.78, 5) is 25.9. The number of fused-ring (bicyclic) bond motifs is 5. The Labute approximate surface area is 277 Å². The number of rotatable bonds is 9. The minimum Gasteiger partial charge on any atom is -0.458 e. The molecule has 5 saturated carbocycles. The number of carbonyl (C=O) groups excluding carboxylic acids is 2. The molecule has 0 heterocycles. The summed E-state index contributed by atoms with van der Waals surface area (Å²) in [5, 5.41) is 0. The van der Waals surface area contributed by atoms with Crippen molar-refractivity contribution in [3.8, 4) is 0 Å². The Hall–Kier alpha value is -2.62. The Kier molecular flexibility index (Phi) is 8.64. The fourth-order valence-electron chi connectivity index (χ4n) is 11.6. The van der Waals surface area contributed by atoms with Gasteiger partial charge in [0.1, 0.15) is 11.7 Å². The van der Waals surface area contributed by atoms with E-state index in [0.717, 1.165) is 49.4 Å². The molecule has 7 rings (SSSR count). The first-order valence-electron chi connectivity index (χ1n) is 18.6. The van der Waals surface area contributed by atoms with E-state index in [1.807, 2.05) is 60.7 Å². The van der Waals surface area contributed by atoms with Gasteiger partial charge in [-0.1, -0.05) is 57.2 Å². The van der Waals surface area contributed by atoms with Crippen LogP contribution in [0.2, 0.25) is 0 Å². The van der Waals surface area contributed by atoms with Crippen LogP contribution in [0.4, 0.5) is 0 Å². The maximum atomic E-state index is 13.0. The van der Waals surface area contributed by atoms with Gasteiger partial charge in [-0.3, -0.25) is 0 Å². The van der Waals surface area contributed by atoms with Gasteiger partial charge in [0.05, 0.1) is 11.1 Å². The van der Waals surface area contributed by atoms with Crippen LogP contribution < -0.4 is 0 Å². The van der Waals surface area contributed by atoms with Gasteiger partial charge in [-0.2, -0.15) is 0 Å². The van der Waals surface area contributed by atoms with Gasteiger partial charge in [0, 0.05) is 0 Å². The van der Waals surface area contributed by atoms with E-state index in [4.69, 9.17) is 9.47 Å². The lowest BCUT2D eigenvalue weighted by Crippen LogP contribution is -2.56. The monoisotopic (exact) mass is 624 g/mol. The molecular formula is C42H56O4. The van der Waals surface area contributed by atoms with Crippen LogP contribution in [-0.4, -0.2) is 23.6 Å². The van der Waals surface area contributed by atoms with E-state index in [0.29, 0.717) is 39.7 Å². The molecule has 5 fully saturated rings. The fraction of sp³-hybridized carbons (Fsp3) is 0.667. The lowest BCUT2D eigenvalue weighted by atomic mass is 9.43. The highest BCUT2D eigenvalue weighted by atomic mass is 16.6. The van der Waals surface area contributed by atoms with Gasteiger partial charge in [-0.05, 0) is 167 Å². The number of carbonyl (C=O) groups is 2. The minimum absolute atomic E-state index is 0.0649. The van der Waals surface area contributed by atoms with Crippen LogP contribution in [0.25, 0.3) is 0 Å². The molecule has 248 valence electrons. The zero-order valence-electron chi connectivity index (χ0n) is 28.7. The number of esters is 2. The molecule has 0 saturated heterocycles.